The summed E-state index contributed by atoms with van der Waals surface area (Å²) in [6.07, 6.45) is 0.287. The van der Waals surface area contributed by atoms with Gasteiger partial charge < -0.3 is 44.9 Å². The summed E-state index contributed by atoms with van der Waals surface area (Å²) in [7, 11) is 0. The molecule has 4 atom stereocenters. The maximum Gasteiger partial charge on any atom is 0.408 e. The highest BCUT2D eigenvalue weighted by molar-refractivity contribution is 5.91. The largest absolute Gasteiger partial charge is 0.480 e. The molecule has 3 aromatic rings. The minimum Gasteiger partial charge on any atom is -0.480 e. The predicted molar refractivity (Wildman–Crippen MR) is 254 cm³/mol. The number of carbonyl (C=O) groups is 6. The second kappa shape index (κ2) is 26.2. The number of rotatable bonds is 26. The normalized spacial score (nSPS) is 13.9. The van der Waals surface area contributed by atoms with Gasteiger partial charge in [-0.2, -0.15) is 0 Å². The van der Waals surface area contributed by atoms with E-state index >= 15 is 0 Å². The average Bonchev–Trinajstić information content (AvgIpc) is 3.60. The highest BCUT2D eigenvalue weighted by atomic mass is 16.6. The molecule has 0 bridgehead atoms. The van der Waals surface area contributed by atoms with Crippen LogP contribution < -0.4 is 21.3 Å². The van der Waals surface area contributed by atoms with Crippen molar-refractivity contribution in [2.45, 2.75) is 110 Å². The van der Waals surface area contributed by atoms with Crippen LogP contribution in [0.5, 0.6) is 0 Å². The zero-order chi connectivity index (χ0) is 49.1. The maximum atomic E-state index is 14.4. The molecule has 0 heterocycles. The Hall–Kier alpha value is -6.26. The monoisotopic (exact) mass is 927 g/mol. The molecule has 0 aliphatic heterocycles. The zero-order valence-electron chi connectivity index (χ0n) is 39.9. The second-order valence-corrected chi connectivity index (χ2v) is 18.4. The molecule has 0 fully saturated rings. The molecule has 364 valence electrons. The Bertz CT molecular complexity index is 2080. The fourth-order valence-electron chi connectivity index (χ4n) is 7.77. The van der Waals surface area contributed by atoms with E-state index in [2.05, 4.69) is 27.8 Å². The lowest BCUT2D eigenvalue weighted by atomic mass is 9.98. The van der Waals surface area contributed by atoms with Crippen molar-refractivity contribution >= 4 is 35.9 Å². The summed E-state index contributed by atoms with van der Waals surface area (Å²) in [5.41, 5.74) is 4.18. The molecule has 4 rings (SSSR count). The minimum absolute atomic E-state index is 0.000448. The van der Waals surface area contributed by atoms with E-state index in [1.165, 1.54) is 11.0 Å². The number of alkyl carbamates (subject to hydrolysis) is 2. The van der Waals surface area contributed by atoms with E-state index in [9.17, 15) is 33.9 Å². The lowest BCUT2D eigenvalue weighted by Crippen LogP contribution is -2.55. The molecule has 1 aliphatic carbocycles. The van der Waals surface area contributed by atoms with E-state index in [4.69, 9.17) is 18.9 Å². The molecule has 0 aromatic heterocycles. The Morgan fingerprint density at radius 2 is 1.40 bits per heavy atom. The van der Waals surface area contributed by atoms with E-state index in [1.807, 2.05) is 107 Å². The number of hydrogen-bond donors (Lipinski definition) is 5. The van der Waals surface area contributed by atoms with Crippen molar-refractivity contribution in [3.63, 3.8) is 0 Å². The standard InChI is InChI=1S/C51H69N5O11/c1-9-25-65-50(63)55-43(32-64-30-35-17-11-10-12-18-35)46(58)52-29-45(57)56(44(27-34(4)5)48(61)67-51(6,7)8)24-23-36(54-42(47(59)60)26-33(2)3)28-53-49(62)66-31-41-39-21-15-13-19-37(39)38-20-14-16-22-40(38)41/h9-22,33-34,36,41-44,54H,1,23-32H2,2-8H3,(H,52,58)(H,53,62)(H,55,63)(H,59,60)/t36?,42?,43?,44-/m0/s1. The molecular weight excluding hydrogens is 859 g/mol. The first kappa shape index (κ1) is 53.4. The first-order valence-electron chi connectivity index (χ1n) is 22.9. The SMILES string of the molecule is C=CCOC(=O)NC(COCc1ccccc1)C(=O)NCC(=O)N(CCC(CNC(=O)OCC1c2ccccc2-c2ccccc21)NC(CC(C)C)C(=O)O)[C@@H](CC(C)C)C(=O)OC(C)(C)C. The van der Waals surface area contributed by atoms with Gasteiger partial charge in [0.25, 0.3) is 0 Å². The Labute approximate surface area is 394 Å². The van der Waals surface area contributed by atoms with Gasteiger partial charge in [-0.25, -0.2) is 14.4 Å². The number of ether oxygens (including phenoxy) is 4. The van der Waals surface area contributed by atoms with Gasteiger partial charge in [0.15, 0.2) is 0 Å². The van der Waals surface area contributed by atoms with Gasteiger partial charge in [-0.05, 0) is 79.7 Å². The van der Waals surface area contributed by atoms with Crippen molar-refractivity contribution in [1.82, 2.24) is 26.2 Å². The molecule has 0 radical (unpaired) electrons. The van der Waals surface area contributed by atoms with E-state index in [-0.39, 0.29) is 76.5 Å². The van der Waals surface area contributed by atoms with Crippen LogP contribution in [-0.4, -0.2) is 115 Å². The average molecular weight is 928 g/mol. The van der Waals surface area contributed by atoms with Crippen molar-refractivity contribution in [2.24, 2.45) is 11.8 Å². The molecule has 3 aromatic carbocycles. The molecule has 67 heavy (non-hydrogen) atoms. The summed E-state index contributed by atoms with van der Waals surface area (Å²) in [6, 6.07) is 21.0. The van der Waals surface area contributed by atoms with E-state index in [0.717, 1.165) is 27.8 Å². The smallest absolute Gasteiger partial charge is 0.408 e. The molecular formula is C51H69N5O11. The van der Waals surface area contributed by atoms with Gasteiger partial charge in [-0.15, -0.1) is 0 Å². The van der Waals surface area contributed by atoms with Gasteiger partial charge in [0.05, 0.1) is 19.8 Å². The lowest BCUT2D eigenvalue weighted by Gasteiger charge is -2.35. The molecule has 5 N–H and O–H groups in total. The van der Waals surface area contributed by atoms with Crippen LogP contribution in [0.4, 0.5) is 9.59 Å². The summed E-state index contributed by atoms with van der Waals surface area (Å²) < 4.78 is 22.4. The summed E-state index contributed by atoms with van der Waals surface area (Å²) in [4.78, 5) is 81.9. The van der Waals surface area contributed by atoms with Crippen LogP contribution in [0.2, 0.25) is 0 Å². The molecule has 0 spiro atoms. The van der Waals surface area contributed by atoms with Crippen LogP contribution in [0.1, 0.15) is 90.3 Å². The Morgan fingerprint density at radius 1 is 0.791 bits per heavy atom. The Morgan fingerprint density at radius 3 is 1.99 bits per heavy atom. The summed E-state index contributed by atoms with van der Waals surface area (Å²) in [5.74, 6) is -3.43. The fraction of sp³-hybridized carbons (Fsp3) is 0.490. The molecule has 0 saturated heterocycles. The van der Waals surface area contributed by atoms with Crippen LogP contribution in [0.25, 0.3) is 11.1 Å². The fourth-order valence-corrected chi connectivity index (χ4v) is 7.77. The summed E-state index contributed by atoms with van der Waals surface area (Å²) in [6.45, 7) is 15.3. The number of esters is 1. The number of nitrogens with zero attached hydrogens (tertiary/aromatic N) is 1. The van der Waals surface area contributed by atoms with Crippen molar-refractivity contribution in [3.8, 4) is 11.1 Å². The van der Waals surface area contributed by atoms with Crippen LogP contribution in [0.3, 0.4) is 0 Å². The van der Waals surface area contributed by atoms with Crippen LogP contribution in [-0.2, 0) is 44.7 Å². The number of nitrogens with one attached hydrogen (secondary N) is 4. The molecule has 16 nitrogen and oxygen atoms in total. The number of amides is 4. The molecule has 1 aliphatic rings. The van der Waals surface area contributed by atoms with Gasteiger partial charge in [0.1, 0.15) is 36.9 Å². The molecule has 4 amide bonds. The van der Waals surface area contributed by atoms with Crippen molar-refractivity contribution in [3.05, 3.63) is 108 Å². The van der Waals surface area contributed by atoms with Gasteiger partial charge in [-0.1, -0.05) is 119 Å². The summed E-state index contributed by atoms with van der Waals surface area (Å²) >= 11 is 0. The number of aliphatic carboxylic acids is 1. The van der Waals surface area contributed by atoms with Crippen LogP contribution >= 0.6 is 0 Å². The first-order valence-corrected chi connectivity index (χ1v) is 22.9. The first-order chi connectivity index (χ1) is 31.9. The lowest BCUT2D eigenvalue weighted by molar-refractivity contribution is -0.165. The zero-order valence-corrected chi connectivity index (χ0v) is 39.9. The maximum absolute atomic E-state index is 14.4. The van der Waals surface area contributed by atoms with E-state index in [1.54, 1.807) is 20.8 Å². The molecule has 0 saturated carbocycles. The van der Waals surface area contributed by atoms with Crippen molar-refractivity contribution in [1.29, 1.82) is 0 Å². The number of benzene rings is 3. The van der Waals surface area contributed by atoms with Gasteiger partial charge >= 0.3 is 24.1 Å². The third kappa shape index (κ3) is 17.5. The third-order valence-electron chi connectivity index (χ3n) is 10.8. The van der Waals surface area contributed by atoms with Gasteiger partial charge in [0, 0.05) is 25.0 Å². The van der Waals surface area contributed by atoms with E-state index in [0.29, 0.717) is 0 Å². The van der Waals surface area contributed by atoms with Crippen molar-refractivity contribution in [2.75, 3.05) is 39.5 Å². The number of fused-ring (bicyclic) bond motifs is 3. The number of carbonyl (C=O) groups excluding carboxylic acids is 5. The van der Waals surface area contributed by atoms with Gasteiger partial charge in [0.2, 0.25) is 11.8 Å². The molecule has 3 unspecified atom stereocenters. The highest BCUT2D eigenvalue weighted by Crippen LogP contribution is 2.44. The predicted octanol–water partition coefficient (Wildman–Crippen LogP) is 6.57. The highest BCUT2D eigenvalue weighted by Gasteiger charge is 2.36. The number of carboxylic acids is 1. The summed E-state index contributed by atoms with van der Waals surface area (Å²) in [5, 5.41) is 21.3. The topological polar surface area (TPSA) is 211 Å². The Kier molecular flexibility index (Phi) is 20.8. The van der Waals surface area contributed by atoms with E-state index < -0.39 is 72.3 Å². The number of hydrogen-bond acceptors (Lipinski definition) is 11. The van der Waals surface area contributed by atoms with Crippen LogP contribution in [0, 0.1) is 11.8 Å². The second-order valence-electron chi connectivity index (χ2n) is 18.4. The van der Waals surface area contributed by atoms with Gasteiger partial charge in [-0.3, -0.25) is 19.7 Å². The Balaban J connectivity index is 1.55. The number of carboxylic acid groups (broad SMARTS) is 1. The minimum atomic E-state index is -1.27. The molecule has 16 heteroatoms. The van der Waals surface area contributed by atoms with Crippen molar-refractivity contribution < 1.29 is 52.8 Å². The van der Waals surface area contributed by atoms with Crippen LogP contribution in [0.15, 0.2) is 91.5 Å². The quantitative estimate of drug-likeness (QED) is 0.0329. The third-order valence-corrected chi connectivity index (χ3v) is 10.8.